The fourth-order valence-electron chi connectivity index (χ4n) is 2.70. The molecule has 0 bridgehead atoms. The van der Waals surface area contributed by atoms with Crippen LogP contribution in [-0.4, -0.2) is 31.2 Å². The fraction of sp³-hybridized carbons (Fsp3) is 0.250. The van der Waals surface area contributed by atoms with Gasteiger partial charge in [-0.2, -0.15) is 5.10 Å². The molecule has 0 unspecified atom stereocenters. The second-order valence-corrected chi connectivity index (χ2v) is 5.94. The molecule has 2 amide bonds. The quantitative estimate of drug-likeness (QED) is 0.869. The molecule has 1 aliphatic heterocycles. The summed E-state index contributed by atoms with van der Waals surface area (Å²) in [7, 11) is 1.63. The number of methoxy groups -OCH3 is 1. The van der Waals surface area contributed by atoms with Crippen molar-refractivity contribution < 1.29 is 14.3 Å². The van der Waals surface area contributed by atoms with Crippen LogP contribution in [0.2, 0.25) is 0 Å². The van der Waals surface area contributed by atoms with E-state index in [-0.39, 0.29) is 18.2 Å². The SMILES string of the molecule is COc1ccc(CCNC(=O)C2=NN(c3ccccc3)C(=O)CC2)cc1. The van der Waals surface area contributed by atoms with Gasteiger partial charge in [0.25, 0.3) is 5.91 Å². The van der Waals surface area contributed by atoms with Crippen LogP contribution in [0.4, 0.5) is 5.69 Å². The van der Waals surface area contributed by atoms with Gasteiger partial charge >= 0.3 is 0 Å². The topological polar surface area (TPSA) is 71.0 Å². The molecule has 0 spiro atoms. The van der Waals surface area contributed by atoms with Gasteiger partial charge in [0, 0.05) is 19.4 Å². The summed E-state index contributed by atoms with van der Waals surface area (Å²) in [5, 5.41) is 8.44. The van der Waals surface area contributed by atoms with Gasteiger partial charge in [-0.15, -0.1) is 0 Å². The first-order valence-electron chi connectivity index (χ1n) is 8.54. The molecule has 1 N–H and O–H groups in total. The van der Waals surface area contributed by atoms with Crippen LogP contribution in [0.1, 0.15) is 18.4 Å². The standard InChI is InChI=1S/C20H21N3O3/c1-26-17-9-7-15(8-10-17)13-14-21-20(25)18-11-12-19(24)23(22-18)16-5-3-2-4-6-16/h2-10H,11-14H2,1H3,(H,21,25). The molecule has 1 aliphatic rings. The summed E-state index contributed by atoms with van der Waals surface area (Å²) in [6, 6.07) is 16.9. The zero-order valence-corrected chi connectivity index (χ0v) is 14.6. The Kier molecular flexibility index (Phi) is 5.63. The lowest BCUT2D eigenvalue weighted by Crippen LogP contribution is -2.39. The van der Waals surface area contributed by atoms with Crippen LogP contribution in [0.15, 0.2) is 59.7 Å². The van der Waals surface area contributed by atoms with Crippen LogP contribution in [0, 0.1) is 0 Å². The molecular formula is C20H21N3O3. The van der Waals surface area contributed by atoms with Crippen molar-refractivity contribution >= 4 is 23.2 Å². The molecule has 1 heterocycles. The molecule has 2 aromatic rings. The summed E-state index contributed by atoms with van der Waals surface area (Å²) >= 11 is 0. The lowest BCUT2D eigenvalue weighted by Gasteiger charge is -2.23. The molecule has 2 aromatic carbocycles. The Hall–Kier alpha value is -3.15. The lowest BCUT2D eigenvalue weighted by atomic mass is 10.1. The molecule has 3 rings (SSSR count). The van der Waals surface area contributed by atoms with E-state index in [2.05, 4.69) is 10.4 Å². The highest BCUT2D eigenvalue weighted by Crippen LogP contribution is 2.19. The van der Waals surface area contributed by atoms with Crippen molar-refractivity contribution in [1.82, 2.24) is 5.32 Å². The molecule has 0 aliphatic carbocycles. The van der Waals surface area contributed by atoms with Crippen LogP contribution in [0.3, 0.4) is 0 Å². The third-order valence-corrected chi connectivity index (χ3v) is 4.15. The second kappa shape index (κ2) is 8.29. The Bertz CT molecular complexity index is 801. The predicted molar refractivity (Wildman–Crippen MR) is 100 cm³/mol. The Morgan fingerprint density at radius 2 is 1.85 bits per heavy atom. The van der Waals surface area contributed by atoms with E-state index < -0.39 is 0 Å². The number of benzene rings is 2. The van der Waals surface area contributed by atoms with Crippen LogP contribution in [-0.2, 0) is 16.0 Å². The van der Waals surface area contributed by atoms with Gasteiger partial charge in [0.05, 0.1) is 12.8 Å². The van der Waals surface area contributed by atoms with E-state index in [0.717, 1.165) is 11.3 Å². The van der Waals surface area contributed by atoms with Gasteiger partial charge in [0.1, 0.15) is 11.5 Å². The summed E-state index contributed by atoms with van der Waals surface area (Å²) in [5.41, 5.74) is 2.15. The van der Waals surface area contributed by atoms with E-state index in [0.29, 0.717) is 30.8 Å². The number of rotatable bonds is 6. The van der Waals surface area contributed by atoms with Crippen LogP contribution in [0.25, 0.3) is 0 Å². The Balaban J connectivity index is 1.59. The summed E-state index contributed by atoms with van der Waals surface area (Å²) in [4.78, 5) is 24.5. The van der Waals surface area contributed by atoms with Crippen molar-refractivity contribution in [1.29, 1.82) is 0 Å². The average molecular weight is 351 g/mol. The number of carbonyl (C=O) groups excluding carboxylic acids is 2. The molecule has 0 fully saturated rings. The molecule has 0 aromatic heterocycles. The molecule has 0 saturated heterocycles. The predicted octanol–water partition coefficient (Wildman–Crippen LogP) is 2.54. The molecule has 134 valence electrons. The minimum atomic E-state index is -0.230. The first kappa shape index (κ1) is 17.7. The largest absolute Gasteiger partial charge is 0.497 e. The number of hydrogen-bond acceptors (Lipinski definition) is 4. The van der Waals surface area contributed by atoms with Gasteiger partial charge in [-0.05, 0) is 36.2 Å². The Labute approximate surface area is 152 Å². The van der Waals surface area contributed by atoms with Crippen molar-refractivity contribution in [2.75, 3.05) is 18.7 Å². The third-order valence-electron chi connectivity index (χ3n) is 4.15. The van der Waals surface area contributed by atoms with E-state index in [1.54, 1.807) is 19.2 Å². The van der Waals surface area contributed by atoms with Gasteiger partial charge in [-0.1, -0.05) is 30.3 Å². The van der Waals surface area contributed by atoms with Gasteiger partial charge in [0.15, 0.2) is 0 Å². The number of para-hydroxylation sites is 1. The number of anilines is 1. The van der Waals surface area contributed by atoms with E-state index in [4.69, 9.17) is 4.74 Å². The Morgan fingerprint density at radius 3 is 2.54 bits per heavy atom. The number of hydrogen-bond donors (Lipinski definition) is 1. The number of ether oxygens (including phenoxy) is 1. The highest BCUT2D eigenvalue weighted by molar-refractivity contribution is 6.40. The Morgan fingerprint density at radius 1 is 1.12 bits per heavy atom. The summed E-state index contributed by atoms with van der Waals surface area (Å²) in [6.45, 7) is 0.503. The minimum Gasteiger partial charge on any atom is -0.497 e. The number of amides is 2. The van der Waals surface area contributed by atoms with Gasteiger partial charge in [-0.3, -0.25) is 9.59 Å². The van der Waals surface area contributed by atoms with Crippen molar-refractivity contribution in [2.24, 2.45) is 5.10 Å². The molecule has 6 heteroatoms. The number of nitrogens with one attached hydrogen (secondary N) is 1. The average Bonchev–Trinajstić information content (AvgIpc) is 2.69. The normalized spacial score (nSPS) is 14.0. The van der Waals surface area contributed by atoms with E-state index in [9.17, 15) is 9.59 Å². The lowest BCUT2D eigenvalue weighted by molar-refractivity contribution is -0.118. The van der Waals surface area contributed by atoms with E-state index in [1.165, 1.54) is 5.01 Å². The third kappa shape index (κ3) is 4.27. The maximum absolute atomic E-state index is 12.4. The molecule has 0 saturated carbocycles. The van der Waals surface area contributed by atoms with E-state index >= 15 is 0 Å². The first-order chi connectivity index (χ1) is 12.7. The number of hydrazone groups is 1. The zero-order valence-electron chi connectivity index (χ0n) is 14.6. The molecule has 26 heavy (non-hydrogen) atoms. The molecular weight excluding hydrogens is 330 g/mol. The van der Waals surface area contributed by atoms with Crippen LogP contribution >= 0.6 is 0 Å². The maximum Gasteiger partial charge on any atom is 0.267 e. The van der Waals surface area contributed by atoms with Crippen molar-refractivity contribution in [3.05, 3.63) is 60.2 Å². The highest BCUT2D eigenvalue weighted by atomic mass is 16.5. The minimum absolute atomic E-state index is 0.106. The highest BCUT2D eigenvalue weighted by Gasteiger charge is 2.25. The van der Waals surface area contributed by atoms with Crippen LogP contribution < -0.4 is 15.1 Å². The monoisotopic (exact) mass is 351 g/mol. The maximum atomic E-state index is 12.4. The second-order valence-electron chi connectivity index (χ2n) is 5.94. The zero-order chi connectivity index (χ0) is 18.4. The van der Waals surface area contributed by atoms with Crippen LogP contribution in [0.5, 0.6) is 5.75 Å². The summed E-state index contributed by atoms with van der Waals surface area (Å²) in [5.74, 6) is 0.470. The molecule has 6 nitrogen and oxygen atoms in total. The van der Waals surface area contributed by atoms with Crippen molar-refractivity contribution in [3.63, 3.8) is 0 Å². The van der Waals surface area contributed by atoms with E-state index in [1.807, 2.05) is 42.5 Å². The fourth-order valence-corrected chi connectivity index (χ4v) is 2.70. The van der Waals surface area contributed by atoms with Crippen molar-refractivity contribution in [3.8, 4) is 5.75 Å². The van der Waals surface area contributed by atoms with Gasteiger partial charge in [0.2, 0.25) is 5.91 Å². The van der Waals surface area contributed by atoms with Gasteiger partial charge < -0.3 is 10.1 Å². The summed E-state index contributed by atoms with van der Waals surface area (Å²) in [6.07, 6.45) is 1.35. The molecule has 0 radical (unpaired) electrons. The molecule has 0 atom stereocenters. The smallest absolute Gasteiger partial charge is 0.267 e. The van der Waals surface area contributed by atoms with Crippen molar-refractivity contribution in [2.45, 2.75) is 19.3 Å². The summed E-state index contributed by atoms with van der Waals surface area (Å²) < 4.78 is 5.13. The van der Waals surface area contributed by atoms with Gasteiger partial charge in [-0.25, -0.2) is 5.01 Å². The first-order valence-corrected chi connectivity index (χ1v) is 8.54. The number of carbonyl (C=O) groups is 2. The number of nitrogens with zero attached hydrogens (tertiary/aromatic N) is 2.